The van der Waals surface area contributed by atoms with Crippen molar-refractivity contribution in [3.63, 3.8) is 0 Å². The quantitative estimate of drug-likeness (QED) is 0.749. The molecule has 0 unspecified atom stereocenters. The van der Waals surface area contributed by atoms with E-state index in [0.29, 0.717) is 11.3 Å². The summed E-state index contributed by atoms with van der Waals surface area (Å²) in [6.45, 7) is 3.95. The number of nitrogens with zero attached hydrogens (tertiary/aromatic N) is 2. The van der Waals surface area contributed by atoms with Crippen molar-refractivity contribution in [2.75, 3.05) is 5.32 Å². The lowest BCUT2D eigenvalue weighted by Crippen LogP contribution is -2.12. The van der Waals surface area contributed by atoms with Crippen LogP contribution in [0.15, 0.2) is 54.6 Å². The predicted molar refractivity (Wildman–Crippen MR) is 95.4 cm³/mol. The predicted octanol–water partition coefficient (Wildman–Crippen LogP) is 3.72. The van der Waals surface area contributed by atoms with Gasteiger partial charge in [0.1, 0.15) is 0 Å². The van der Waals surface area contributed by atoms with E-state index < -0.39 is 0 Å². The molecule has 2 aromatic carbocycles. The summed E-state index contributed by atoms with van der Waals surface area (Å²) >= 11 is 0. The van der Waals surface area contributed by atoms with Gasteiger partial charge in [-0.25, -0.2) is 4.68 Å². The van der Waals surface area contributed by atoms with Crippen molar-refractivity contribution in [1.29, 1.82) is 0 Å². The lowest BCUT2D eigenvalue weighted by Gasteiger charge is -2.08. The molecule has 1 aromatic heterocycles. The molecular formula is C20H17N3O. The molecule has 0 fully saturated rings. The van der Waals surface area contributed by atoms with Crippen molar-refractivity contribution in [2.24, 2.45) is 0 Å². The summed E-state index contributed by atoms with van der Waals surface area (Å²) in [7, 11) is 0. The molecule has 4 nitrogen and oxygen atoms in total. The minimum atomic E-state index is -0.177. The van der Waals surface area contributed by atoms with Gasteiger partial charge >= 0.3 is 0 Å². The highest BCUT2D eigenvalue weighted by Crippen LogP contribution is 2.15. The first-order valence-electron chi connectivity index (χ1n) is 7.58. The summed E-state index contributed by atoms with van der Waals surface area (Å²) < 4.78 is 1.85. The van der Waals surface area contributed by atoms with Gasteiger partial charge in [0.25, 0.3) is 5.91 Å². The van der Waals surface area contributed by atoms with Gasteiger partial charge < -0.3 is 5.32 Å². The maximum atomic E-state index is 12.3. The number of rotatable bonds is 3. The van der Waals surface area contributed by atoms with Crippen LogP contribution in [0.5, 0.6) is 0 Å². The second-order valence-electron chi connectivity index (χ2n) is 5.57. The van der Waals surface area contributed by atoms with Crippen LogP contribution in [0, 0.1) is 26.2 Å². The standard InChI is InChI=1S/C20H17N3O/c1-4-16-6-5-7-18(13-16)21-20(24)17-8-10-19(11-9-17)23-15(3)12-14(2)22-23/h1,5-13H,2-3H3,(H,21,24). The SMILES string of the molecule is C#Cc1cccc(NC(=O)c2ccc(-n3nc(C)cc3C)cc2)c1. The largest absolute Gasteiger partial charge is 0.322 e. The maximum absolute atomic E-state index is 12.3. The topological polar surface area (TPSA) is 46.9 Å². The minimum Gasteiger partial charge on any atom is -0.322 e. The Morgan fingerprint density at radius 3 is 2.50 bits per heavy atom. The third-order valence-electron chi connectivity index (χ3n) is 3.67. The number of carbonyl (C=O) groups is 1. The number of anilines is 1. The normalized spacial score (nSPS) is 10.2. The van der Waals surface area contributed by atoms with Gasteiger partial charge in [-0.2, -0.15) is 5.10 Å². The molecule has 0 spiro atoms. The van der Waals surface area contributed by atoms with E-state index in [4.69, 9.17) is 6.42 Å². The van der Waals surface area contributed by atoms with Gasteiger partial charge in [0, 0.05) is 22.5 Å². The van der Waals surface area contributed by atoms with Crippen LogP contribution in [0.25, 0.3) is 5.69 Å². The van der Waals surface area contributed by atoms with E-state index in [1.165, 1.54) is 0 Å². The summed E-state index contributed by atoms with van der Waals surface area (Å²) in [5.41, 5.74) is 4.92. The lowest BCUT2D eigenvalue weighted by molar-refractivity contribution is 0.102. The van der Waals surface area contributed by atoms with Gasteiger partial charge in [0.05, 0.1) is 11.4 Å². The first kappa shape index (κ1) is 15.6. The molecular weight excluding hydrogens is 298 g/mol. The Kier molecular flexibility index (Phi) is 4.17. The van der Waals surface area contributed by atoms with Gasteiger partial charge in [-0.15, -0.1) is 6.42 Å². The van der Waals surface area contributed by atoms with Gasteiger partial charge in [-0.05, 0) is 62.4 Å². The van der Waals surface area contributed by atoms with E-state index in [1.807, 2.05) is 54.9 Å². The van der Waals surface area contributed by atoms with Crippen molar-refractivity contribution in [3.05, 3.63) is 77.1 Å². The fourth-order valence-corrected chi connectivity index (χ4v) is 2.53. The van der Waals surface area contributed by atoms with E-state index in [9.17, 15) is 4.79 Å². The Labute approximate surface area is 141 Å². The molecule has 0 saturated heterocycles. The molecule has 3 rings (SSSR count). The van der Waals surface area contributed by atoms with Crippen LogP contribution in [0.2, 0.25) is 0 Å². The molecule has 0 aliphatic rings. The smallest absolute Gasteiger partial charge is 0.255 e. The first-order chi connectivity index (χ1) is 11.6. The second-order valence-corrected chi connectivity index (χ2v) is 5.57. The van der Waals surface area contributed by atoms with Crippen LogP contribution >= 0.6 is 0 Å². The number of aromatic nitrogens is 2. The highest BCUT2D eigenvalue weighted by atomic mass is 16.1. The number of hydrogen-bond acceptors (Lipinski definition) is 2. The molecule has 24 heavy (non-hydrogen) atoms. The molecule has 1 N–H and O–H groups in total. The zero-order valence-corrected chi connectivity index (χ0v) is 13.6. The van der Waals surface area contributed by atoms with Crippen LogP contribution in [-0.4, -0.2) is 15.7 Å². The molecule has 3 aromatic rings. The van der Waals surface area contributed by atoms with Crippen LogP contribution < -0.4 is 5.32 Å². The number of aryl methyl sites for hydroxylation is 2. The molecule has 0 radical (unpaired) electrons. The van der Waals surface area contributed by atoms with Crippen LogP contribution in [0.1, 0.15) is 27.3 Å². The Hall–Kier alpha value is -3.32. The zero-order chi connectivity index (χ0) is 17.1. The van der Waals surface area contributed by atoms with E-state index in [2.05, 4.69) is 16.3 Å². The molecule has 0 saturated carbocycles. The summed E-state index contributed by atoms with van der Waals surface area (Å²) in [5.74, 6) is 2.38. The Morgan fingerprint density at radius 2 is 1.88 bits per heavy atom. The van der Waals surface area contributed by atoms with Gasteiger partial charge in [0.2, 0.25) is 0 Å². The van der Waals surface area contributed by atoms with Crippen molar-refractivity contribution in [3.8, 4) is 18.0 Å². The lowest BCUT2D eigenvalue weighted by atomic mass is 10.1. The molecule has 1 amide bonds. The summed E-state index contributed by atoms with van der Waals surface area (Å²) in [6, 6.07) is 16.6. The molecule has 0 atom stereocenters. The minimum absolute atomic E-state index is 0.177. The molecule has 0 aliphatic heterocycles. The maximum Gasteiger partial charge on any atom is 0.255 e. The molecule has 4 heteroatoms. The van der Waals surface area contributed by atoms with Gasteiger partial charge in [0.15, 0.2) is 0 Å². The van der Waals surface area contributed by atoms with Crippen molar-refractivity contribution in [2.45, 2.75) is 13.8 Å². The Morgan fingerprint density at radius 1 is 1.12 bits per heavy atom. The first-order valence-corrected chi connectivity index (χ1v) is 7.58. The second kappa shape index (κ2) is 6.43. The molecule has 0 aliphatic carbocycles. The van der Waals surface area contributed by atoms with E-state index in [0.717, 1.165) is 22.6 Å². The summed E-state index contributed by atoms with van der Waals surface area (Å²) in [4.78, 5) is 12.3. The third-order valence-corrected chi connectivity index (χ3v) is 3.67. The van der Waals surface area contributed by atoms with Crippen molar-refractivity contribution in [1.82, 2.24) is 9.78 Å². The monoisotopic (exact) mass is 315 g/mol. The van der Waals surface area contributed by atoms with Crippen LogP contribution in [0.3, 0.4) is 0 Å². The fraction of sp³-hybridized carbons (Fsp3) is 0.100. The number of carbonyl (C=O) groups excluding carboxylic acids is 1. The van der Waals surface area contributed by atoms with Crippen molar-refractivity contribution < 1.29 is 4.79 Å². The van der Waals surface area contributed by atoms with E-state index in [1.54, 1.807) is 18.2 Å². The number of amides is 1. The Balaban J connectivity index is 1.79. The van der Waals surface area contributed by atoms with E-state index >= 15 is 0 Å². The molecule has 1 heterocycles. The van der Waals surface area contributed by atoms with Gasteiger partial charge in [-0.3, -0.25) is 4.79 Å². The molecule has 118 valence electrons. The van der Waals surface area contributed by atoms with Gasteiger partial charge in [-0.1, -0.05) is 12.0 Å². The number of benzene rings is 2. The number of hydrogen-bond donors (Lipinski definition) is 1. The average molecular weight is 315 g/mol. The highest BCUT2D eigenvalue weighted by Gasteiger charge is 2.08. The third kappa shape index (κ3) is 3.21. The molecule has 0 bridgehead atoms. The van der Waals surface area contributed by atoms with Crippen molar-refractivity contribution >= 4 is 11.6 Å². The van der Waals surface area contributed by atoms with E-state index in [-0.39, 0.29) is 5.91 Å². The summed E-state index contributed by atoms with van der Waals surface area (Å²) in [6.07, 6.45) is 5.38. The average Bonchev–Trinajstić information content (AvgIpc) is 2.93. The number of terminal acetylenes is 1. The fourth-order valence-electron chi connectivity index (χ4n) is 2.53. The highest BCUT2D eigenvalue weighted by molar-refractivity contribution is 6.04. The number of nitrogens with one attached hydrogen (secondary N) is 1. The summed E-state index contributed by atoms with van der Waals surface area (Å²) in [5, 5.41) is 7.29. The zero-order valence-electron chi connectivity index (χ0n) is 13.6. The Bertz CT molecular complexity index is 930. The van der Waals surface area contributed by atoms with Crippen LogP contribution in [-0.2, 0) is 0 Å². The van der Waals surface area contributed by atoms with Crippen LogP contribution in [0.4, 0.5) is 5.69 Å².